The van der Waals surface area contributed by atoms with Gasteiger partial charge in [-0.15, -0.1) is 21.5 Å². The van der Waals surface area contributed by atoms with Gasteiger partial charge >= 0.3 is 0 Å². The van der Waals surface area contributed by atoms with Gasteiger partial charge in [0.2, 0.25) is 0 Å². The second-order valence-electron chi connectivity index (χ2n) is 3.37. The van der Waals surface area contributed by atoms with Gasteiger partial charge in [0.05, 0.1) is 4.88 Å². The van der Waals surface area contributed by atoms with Crippen LogP contribution in [0.5, 0.6) is 0 Å². The van der Waals surface area contributed by atoms with Crippen molar-refractivity contribution in [1.29, 1.82) is 0 Å². The zero-order valence-electron chi connectivity index (χ0n) is 8.42. The summed E-state index contributed by atoms with van der Waals surface area (Å²) < 4.78 is 0. The first-order valence-corrected chi connectivity index (χ1v) is 5.83. The van der Waals surface area contributed by atoms with E-state index in [9.17, 15) is 0 Å². The third-order valence-electron chi connectivity index (χ3n) is 2.29. The maximum absolute atomic E-state index is 4.14. The number of hydrogen-bond donors (Lipinski definition) is 1. The van der Waals surface area contributed by atoms with E-state index in [4.69, 9.17) is 0 Å². The van der Waals surface area contributed by atoms with Crippen molar-refractivity contribution < 1.29 is 0 Å². The monoisotopic (exact) mass is 227 g/mol. The van der Waals surface area contributed by atoms with E-state index in [-0.39, 0.29) is 0 Å². The number of nitrogens with one attached hydrogen (secondary N) is 1. The smallest absolute Gasteiger partial charge is 0.171 e. The van der Waals surface area contributed by atoms with Gasteiger partial charge in [-0.3, -0.25) is 0 Å². The number of thiophene rings is 1. The number of aromatic amines is 1. The molecule has 78 valence electrons. The molecule has 0 saturated carbocycles. The molecular weight excluding hydrogens is 218 g/mol. The Morgan fingerprint density at radius 1 is 0.875 bits per heavy atom. The molecule has 3 aromatic rings. The molecule has 0 saturated heterocycles. The summed E-state index contributed by atoms with van der Waals surface area (Å²) in [6.45, 7) is 0. The standard InChI is InChI=1S/C12H9N3S/c1-2-5-9(6-3-1)11-13-12(15-14-11)10-7-4-8-16-10/h1-8H,(H,13,14,15). The average molecular weight is 227 g/mol. The molecule has 0 aliphatic carbocycles. The maximum Gasteiger partial charge on any atom is 0.171 e. The SMILES string of the molecule is c1ccc(-c2nnc(-c3cccs3)[nH]2)cc1. The lowest BCUT2D eigenvalue weighted by atomic mass is 10.2. The van der Waals surface area contributed by atoms with Crippen LogP contribution in [-0.4, -0.2) is 15.2 Å². The fraction of sp³-hybridized carbons (Fsp3) is 0. The van der Waals surface area contributed by atoms with E-state index in [1.807, 2.05) is 47.8 Å². The molecule has 0 spiro atoms. The molecule has 0 bridgehead atoms. The fourth-order valence-electron chi connectivity index (χ4n) is 1.51. The Labute approximate surface area is 96.8 Å². The lowest BCUT2D eigenvalue weighted by molar-refractivity contribution is 1.10. The summed E-state index contributed by atoms with van der Waals surface area (Å²) in [7, 11) is 0. The highest BCUT2D eigenvalue weighted by molar-refractivity contribution is 7.13. The topological polar surface area (TPSA) is 41.6 Å². The molecule has 0 amide bonds. The van der Waals surface area contributed by atoms with Gasteiger partial charge in [-0.1, -0.05) is 36.4 Å². The summed E-state index contributed by atoms with van der Waals surface area (Å²) in [5, 5.41) is 10.3. The first kappa shape index (κ1) is 9.30. The predicted octanol–water partition coefficient (Wildman–Crippen LogP) is 3.20. The van der Waals surface area contributed by atoms with E-state index >= 15 is 0 Å². The highest BCUT2D eigenvalue weighted by Gasteiger charge is 2.06. The Balaban J connectivity index is 2.00. The normalized spacial score (nSPS) is 10.5. The van der Waals surface area contributed by atoms with Gasteiger partial charge in [-0.25, -0.2) is 0 Å². The zero-order chi connectivity index (χ0) is 10.8. The quantitative estimate of drug-likeness (QED) is 0.730. The Morgan fingerprint density at radius 3 is 2.44 bits per heavy atom. The Morgan fingerprint density at radius 2 is 1.69 bits per heavy atom. The highest BCUT2D eigenvalue weighted by Crippen LogP contribution is 2.23. The van der Waals surface area contributed by atoms with Gasteiger partial charge in [0.25, 0.3) is 0 Å². The molecule has 0 unspecified atom stereocenters. The van der Waals surface area contributed by atoms with Gasteiger partial charge in [0.1, 0.15) is 0 Å². The average Bonchev–Trinajstić information content (AvgIpc) is 3.01. The van der Waals surface area contributed by atoms with E-state index in [1.54, 1.807) is 11.3 Å². The van der Waals surface area contributed by atoms with Crippen molar-refractivity contribution in [3.05, 3.63) is 47.8 Å². The molecule has 0 aliphatic heterocycles. The molecule has 1 aromatic carbocycles. The molecule has 0 fully saturated rings. The number of nitrogens with zero attached hydrogens (tertiary/aromatic N) is 2. The number of benzene rings is 1. The molecule has 0 atom stereocenters. The van der Waals surface area contributed by atoms with Crippen LogP contribution in [0.1, 0.15) is 0 Å². The van der Waals surface area contributed by atoms with Crippen LogP contribution in [0.3, 0.4) is 0 Å². The molecule has 3 nitrogen and oxygen atoms in total. The van der Waals surface area contributed by atoms with Crippen LogP contribution in [0.4, 0.5) is 0 Å². The molecule has 0 radical (unpaired) electrons. The highest BCUT2D eigenvalue weighted by atomic mass is 32.1. The Kier molecular flexibility index (Phi) is 2.27. The van der Waals surface area contributed by atoms with Crippen molar-refractivity contribution in [2.45, 2.75) is 0 Å². The number of rotatable bonds is 2. The van der Waals surface area contributed by atoms with Crippen molar-refractivity contribution in [3.8, 4) is 22.1 Å². The van der Waals surface area contributed by atoms with Crippen molar-refractivity contribution >= 4 is 11.3 Å². The molecule has 0 aliphatic rings. The molecular formula is C12H9N3S. The van der Waals surface area contributed by atoms with E-state index in [0.29, 0.717) is 0 Å². The molecule has 2 heterocycles. The molecule has 1 N–H and O–H groups in total. The van der Waals surface area contributed by atoms with Gasteiger partial charge in [0, 0.05) is 5.56 Å². The second-order valence-corrected chi connectivity index (χ2v) is 4.31. The predicted molar refractivity (Wildman–Crippen MR) is 65.1 cm³/mol. The summed E-state index contributed by atoms with van der Waals surface area (Å²) >= 11 is 1.65. The molecule has 16 heavy (non-hydrogen) atoms. The van der Waals surface area contributed by atoms with E-state index < -0.39 is 0 Å². The van der Waals surface area contributed by atoms with Crippen LogP contribution >= 0.6 is 11.3 Å². The van der Waals surface area contributed by atoms with Crippen LogP contribution in [0.25, 0.3) is 22.1 Å². The Hall–Kier alpha value is -1.94. The third kappa shape index (κ3) is 1.63. The van der Waals surface area contributed by atoms with Crippen LogP contribution in [-0.2, 0) is 0 Å². The fourth-order valence-corrected chi connectivity index (χ4v) is 2.18. The minimum absolute atomic E-state index is 0.809. The van der Waals surface area contributed by atoms with E-state index in [1.165, 1.54) is 0 Å². The zero-order valence-corrected chi connectivity index (χ0v) is 9.24. The van der Waals surface area contributed by atoms with Gasteiger partial charge in [-0.05, 0) is 11.4 Å². The first-order chi connectivity index (χ1) is 7.93. The lowest BCUT2D eigenvalue weighted by Gasteiger charge is -1.93. The maximum atomic E-state index is 4.14. The summed E-state index contributed by atoms with van der Waals surface area (Å²) in [6, 6.07) is 14.0. The minimum Gasteiger partial charge on any atom is -0.320 e. The third-order valence-corrected chi connectivity index (χ3v) is 3.17. The number of hydrogen-bond acceptors (Lipinski definition) is 3. The van der Waals surface area contributed by atoms with Crippen LogP contribution < -0.4 is 0 Å². The first-order valence-electron chi connectivity index (χ1n) is 4.95. The lowest BCUT2D eigenvalue weighted by Crippen LogP contribution is -1.78. The van der Waals surface area contributed by atoms with Gasteiger partial charge < -0.3 is 4.98 Å². The summed E-state index contributed by atoms with van der Waals surface area (Å²) in [5.74, 6) is 1.64. The Bertz CT molecular complexity index is 569. The molecule has 4 heteroatoms. The minimum atomic E-state index is 0.809. The summed E-state index contributed by atoms with van der Waals surface area (Å²) in [4.78, 5) is 4.33. The van der Waals surface area contributed by atoms with Crippen molar-refractivity contribution in [2.24, 2.45) is 0 Å². The van der Waals surface area contributed by atoms with Crippen LogP contribution in [0, 0.1) is 0 Å². The van der Waals surface area contributed by atoms with Crippen molar-refractivity contribution in [3.63, 3.8) is 0 Å². The van der Waals surface area contributed by atoms with Crippen LogP contribution in [0.15, 0.2) is 47.8 Å². The largest absolute Gasteiger partial charge is 0.320 e. The van der Waals surface area contributed by atoms with E-state index in [0.717, 1.165) is 22.1 Å². The van der Waals surface area contributed by atoms with Crippen LogP contribution in [0.2, 0.25) is 0 Å². The van der Waals surface area contributed by atoms with Gasteiger partial charge in [-0.2, -0.15) is 0 Å². The summed E-state index contributed by atoms with van der Waals surface area (Å²) in [6.07, 6.45) is 0. The number of H-pyrrole nitrogens is 1. The number of aromatic nitrogens is 3. The van der Waals surface area contributed by atoms with Gasteiger partial charge in [0.15, 0.2) is 11.6 Å². The molecule has 3 rings (SSSR count). The second kappa shape index (κ2) is 3.90. The van der Waals surface area contributed by atoms with Crippen molar-refractivity contribution in [2.75, 3.05) is 0 Å². The van der Waals surface area contributed by atoms with Crippen molar-refractivity contribution in [1.82, 2.24) is 15.2 Å². The summed E-state index contributed by atoms with van der Waals surface area (Å²) in [5.41, 5.74) is 1.05. The van der Waals surface area contributed by atoms with E-state index in [2.05, 4.69) is 15.2 Å². The molecule has 2 aromatic heterocycles.